The minimum absolute atomic E-state index is 0.120. The van der Waals surface area contributed by atoms with Crippen molar-refractivity contribution in [1.29, 1.82) is 0 Å². The largest absolute Gasteiger partial charge is 0.462 e. The maximum absolute atomic E-state index is 11.7. The Morgan fingerprint density at radius 1 is 1.48 bits per heavy atom. The number of nitrogens with two attached hydrogens (primary N) is 1. The summed E-state index contributed by atoms with van der Waals surface area (Å²) in [5, 5.41) is 2.87. The Bertz CT molecular complexity index is 626. The number of sulfone groups is 1. The van der Waals surface area contributed by atoms with E-state index in [1.54, 1.807) is 20.8 Å². The van der Waals surface area contributed by atoms with Crippen LogP contribution >= 0.6 is 0 Å². The lowest BCUT2D eigenvalue weighted by Gasteiger charge is -2.23. The van der Waals surface area contributed by atoms with Gasteiger partial charge in [-0.3, -0.25) is 0 Å². The van der Waals surface area contributed by atoms with Crippen LogP contribution in [0.4, 0.5) is 11.5 Å². The number of hydrogen-bond donors (Lipinski definition) is 2. The van der Waals surface area contributed by atoms with Crippen LogP contribution in [0.3, 0.4) is 0 Å². The van der Waals surface area contributed by atoms with Gasteiger partial charge in [-0.1, -0.05) is 0 Å². The fourth-order valence-corrected chi connectivity index (χ4v) is 1.76. The third-order valence-corrected chi connectivity index (χ3v) is 5.32. The van der Waals surface area contributed by atoms with Gasteiger partial charge in [0.2, 0.25) is 0 Å². The molecular formula is C13H21N3O4S. The summed E-state index contributed by atoms with van der Waals surface area (Å²) in [6.45, 7) is 5.25. The summed E-state index contributed by atoms with van der Waals surface area (Å²) in [5.74, 6) is -0.278. The van der Waals surface area contributed by atoms with Crippen LogP contribution in [0.5, 0.6) is 0 Å². The lowest BCUT2D eigenvalue weighted by molar-refractivity contribution is 0.0527. The van der Waals surface area contributed by atoms with Crippen LogP contribution in [0.15, 0.2) is 12.3 Å². The second kappa shape index (κ2) is 6.30. The number of nitrogen functional groups attached to an aromatic ring is 1. The molecule has 8 heteroatoms. The van der Waals surface area contributed by atoms with Gasteiger partial charge >= 0.3 is 5.97 Å². The van der Waals surface area contributed by atoms with Gasteiger partial charge in [0.1, 0.15) is 5.82 Å². The molecule has 0 aliphatic carbocycles. The van der Waals surface area contributed by atoms with Crippen molar-refractivity contribution in [3.05, 3.63) is 17.8 Å². The van der Waals surface area contributed by atoms with Gasteiger partial charge in [0.05, 0.1) is 22.6 Å². The number of carbonyl (C=O) groups excluding carboxylic acids is 1. The Morgan fingerprint density at radius 3 is 2.62 bits per heavy atom. The van der Waals surface area contributed by atoms with E-state index in [1.807, 2.05) is 0 Å². The number of nitrogens with one attached hydrogen (secondary N) is 1. The molecule has 1 aromatic heterocycles. The van der Waals surface area contributed by atoms with E-state index < -0.39 is 20.6 Å². The van der Waals surface area contributed by atoms with Crippen molar-refractivity contribution in [2.75, 3.05) is 30.5 Å². The number of esters is 1. The third-order valence-electron chi connectivity index (χ3n) is 3.17. The van der Waals surface area contributed by atoms with Gasteiger partial charge < -0.3 is 15.8 Å². The lowest BCUT2D eigenvalue weighted by atomic mass is 10.2. The van der Waals surface area contributed by atoms with Gasteiger partial charge in [0, 0.05) is 19.0 Å². The van der Waals surface area contributed by atoms with Crippen LogP contribution in [0.1, 0.15) is 31.1 Å². The second-order valence-electron chi connectivity index (χ2n) is 5.23. The minimum Gasteiger partial charge on any atom is -0.462 e. The average Bonchev–Trinajstić information content (AvgIpc) is 2.36. The van der Waals surface area contributed by atoms with Crippen molar-refractivity contribution in [2.45, 2.75) is 25.5 Å². The molecule has 0 saturated heterocycles. The first-order valence-electron chi connectivity index (χ1n) is 6.45. The topological polar surface area (TPSA) is 111 Å². The molecule has 0 radical (unpaired) electrons. The fraction of sp³-hybridized carbons (Fsp3) is 0.538. The van der Waals surface area contributed by atoms with Crippen LogP contribution in [0, 0.1) is 0 Å². The van der Waals surface area contributed by atoms with E-state index in [-0.39, 0.29) is 30.2 Å². The number of ether oxygens (including phenoxy) is 1. The molecule has 0 bridgehead atoms. The molecule has 1 heterocycles. The second-order valence-corrected chi connectivity index (χ2v) is 7.88. The van der Waals surface area contributed by atoms with Crippen LogP contribution in [0.2, 0.25) is 0 Å². The van der Waals surface area contributed by atoms with Gasteiger partial charge in [-0.15, -0.1) is 0 Å². The Morgan fingerprint density at radius 2 is 2.10 bits per heavy atom. The summed E-state index contributed by atoms with van der Waals surface area (Å²) < 4.78 is 27.2. The zero-order valence-corrected chi connectivity index (χ0v) is 13.5. The first kappa shape index (κ1) is 17.2. The number of anilines is 2. The predicted octanol–water partition coefficient (Wildman–Crippen LogP) is 1.08. The molecule has 0 saturated carbocycles. The molecule has 0 aliphatic rings. The Kier molecular flexibility index (Phi) is 5.16. The maximum Gasteiger partial charge on any atom is 0.340 e. The predicted molar refractivity (Wildman–Crippen MR) is 82.0 cm³/mol. The van der Waals surface area contributed by atoms with E-state index in [4.69, 9.17) is 10.5 Å². The zero-order chi connectivity index (χ0) is 16.3. The highest BCUT2D eigenvalue weighted by molar-refractivity contribution is 7.92. The molecule has 21 heavy (non-hydrogen) atoms. The Balaban J connectivity index is 2.96. The van der Waals surface area contributed by atoms with E-state index in [2.05, 4.69) is 10.3 Å². The molecule has 0 amide bonds. The van der Waals surface area contributed by atoms with Gasteiger partial charge in [-0.05, 0) is 26.8 Å². The van der Waals surface area contributed by atoms with E-state index in [9.17, 15) is 13.2 Å². The van der Waals surface area contributed by atoms with Crippen molar-refractivity contribution in [3.63, 3.8) is 0 Å². The third kappa shape index (κ3) is 4.07. The van der Waals surface area contributed by atoms with Gasteiger partial charge in [0.15, 0.2) is 9.84 Å². The fourth-order valence-electron chi connectivity index (χ4n) is 1.43. The van der Waals surface area contributed by atoms with Crippen molar-refractivity contribution < 1.29 is 17.9 Å². The number of carbonyl (C=O) groups is 1. The molecule has 0 aliphatic heterocycles. The van der Waals surface area contributed by atoms with Crippen LogP contribution in [-0.4, -0.2) is 43.5 Å². The highest BCUT2D eigenvalue weighted by Crippen LogP contribution is 2.23. The van der Waals surface area contributed by atoms with Gasteiger partial charge in [0.25, 0.3) is 0 Å². The van der Waals surface area contributed by atoms with Crippen molar-refractivity contribution in [2.24, 2.45) is 0 Å². The molecule has 0 aromatic carbocycles. The SMILES string of the molecule is CCOC(=O)c1ccnc(NCC(C)(C)S(C)(=O)=O)c1N. The summed E-state index contributed by atoms with van der Waals surface area (Å²) in [4.78, 5) is 15.8. The van der Waals surface area contributed by atoms with Crippen molar-refractivity contribution >= 4 is 27.3 Å². The van der Waals surface area contributed by atoms with Crippen LogP contribution < -0.4 is 11.1 Å². The summed E-state index contributed by atoms with van der Waals surface area (Å²) in [7, 11) is -3.24. The molecule has 1 rings (SSSR count). The lowest BCUT2D eigenvalue weighted by Crippen LogP contribution is -2.38. The minimum atomic E-state index is -3.24. The number of pyridine rings is 1. The van der Waals surface area contributed by atoms with Gasteiger partial charge in [-0.25, -0.2) is 18.2 Å². The summed E-state index contributed by atoms with van der Waals surface area (Å²) in [6.07, 6.45) is 2.58. The Hall–Kier alpha value is -1.83. The average molecular weight is 315 g/mol. The van der Waals surface area contributed by atoms with Crippen molar-refractivity contribution in [3.8, 4) is 0 Å². The monoisotopic (exact) mass is 315 g/mol. The molecule has 118 valence electrons. The first-order valence-corrected chi connectivity index (χ1v) is 8.34. The number of hydrogen-bond acceptors (Lipinski definition) is 7. The van der Waals surface area contributed by atoms with Crippen LogP contribution in [-0.2, 0) is 14.6 Å². The summed E-state index contributed by atoms with van der Waals surface area (Å²) in [6, 6.07) is 1.46. The van der Waals surface area contributed by atoms with E-state index in [0.717, 1.165) is 0 Å². The van der Waals surface area contributed by atoms with Crippen LogP contribution in [0.25, 0.3) is 0 Å². The normalized spacial score (nSPS) is 12.0. The number of nitrogens with zero attached hydrogens (tertiary/aromatic N) is 1. The molecule has 0 atom stereocenters. The van der Waals surface area contributed by atoms with Crippen molar-refractivity contribution in [1.82, 2.24) is 4.98 Å². The molecular weight excluding hydrogens is 294 g/mol. The zero-order valence-electron chi connectivity index (χ0n) is 12.6. The number of rotatable bonds is 6. The molecule has 3 N–H and O–H groups in total. The molecule has 0 fully saturated rings. The molecule has 1 aromatic rings. The quantitative estimate of drug-likeness (QED) is 0.755. The Labute approximate surface area is 124 Å². The molecule has 7 nitrogen and oxygen atoms in total. The highest BCUT2D eigenvalue weighted by atomic mass is 32.2. The van der Waals surface area contributed by atoms with E-state index >= 15 is 0 Å². The summed E-state index contributed by atoms with van der Waals surface area (Å²) >= 11 is 0. The smallest absolute Gasteiger partial charge is 0.340 e. The number of aromatic nitrogens is 1. The molecule has 0 unspecified atom stereocenters. The van der Waals surface area contributed by atoms with Gasteiger partial charge in [-0.2, -0.15) is 0 Å². The molecule has 0 spiro atoms. The first-order chi connectivity index (χ1) is 9.60. The summed E-state index contributed by atoms with van der Waals surface area (Å²) in [5.41, 5.74) is 6.22. The maximum atomic E-state index is 11.7. The highest BCUT2D eigenvalue weighted by Gasteiger charge is 2.30. The standard InChI is InChI=1S/C13H21N3O4S/c1-5-20-12(17)9-6-7-15-11(10(9)14)16-8-13(2,3)21(4,18)19/h6-7H,5,8,14H2,1-4H3,(H,15,16). The van der Waals surface area contributed by atoms with E-state index in [1.165, 1.54) is 18.5 Å². The van der Waals surface area contributed by atoms with E-state index in [0.29, 0.717) is 0 Å².